The first-order chi connectivity index (χ1) is 10.7. The van der Waals surface area contributed by atoms with Gasteiger partial charge < -0.3 is 0 Å². The van der Waals surface area contributed by atoms with Gasteiger partial charge in [-0.25, -0.2) is 4.98 Å². The zero-order valence-corrected chi connectivity index (χ0v) is 12.6. The minimum absolute atomic E-state index is 0.115. The standard InChI is InChI=1S/C17H12ClN3O/c1-2-21-16-13(7-4-8-20-16)15(14(10-19)17(21)22)11-5-3-6-12(18)9-11/h3-9H,2H2,1H3. The molecule has 0 amide bonds. The predicted molar refractivity (Wildman–Crippen MR) is 86.8 cm³/mol. The van der Waals surface area contributed by atoms with E-state index in [0.717, 1.165) is 10.9 Å². The second-order valence-corrected chi connectivity index (χ2v) is 5.23. The summed E-state index contributed by atoms with van der Waals surface area (Å²) >= 11 is 6.06. The Morgan fingerprint density at radius 2 is 2.14 bits per heavy atom. The summed E-state index contributed by atoms with van der Waals surface area (Å²) in [6.07, 6.45) is 1.64. The molecule has 2 heterocycles. The van der Waals surface area contributed by atoms with E-state index in [0.29, 0.717) is 22.8 Å². The zero-order valence-electron chi connectivity index (χ0n) is 11.9. The van der Waals surface area contributed by atoms with Crippen LogP contribution in [0.15, 0.2) is 47.4 Å². The van der Waals surface area contributed by atoms with Crippen LogP contribution in [0.4, 0.5) is 0 Å². The smallest absolute Gasteiger partial charge is 0.270 e. The number of hydrogen-bond acceptors (Lipinski definition) is 3. The molecule has 4 nitrogen and oxygen atoms in total. The van der Waals surface area contributed by atoms with E-state index < -0.39 is 0 Å². The van der Waals surface area contributed by atoms with Gasteiger partial charge in [-0.2, -0.15) is 5.26 Å². The van der Waals surface area contributed by atoms with E-state index >= 15 is 0 Å². The fourth-order valence-electron chi connectivity index (χ4n) is 2.62. The Balaban J connectivity index is 2.54. The molecular weight excluding hydrogens is 298 g/mol. The number of hydrogen-bond donors (Lipinski definition) is 0. The molecule has 0 saturated carbocycles. The van der Waals surface area contributed by atoms with Gasteiger partial charge in [0.15, 0.2) is 0 Å². The average molecular weight is 310 g/mol. The van der Waals surface area contributed by atoms with Gasteiger partial charge in [-0.3, -0.25) is 9.36 Å². The highest BCUT2D eigenvalue weighted by Gasteiger charge is 2.18. The van der Waals surface area contributed by atoms with E-state index in [1.165, 1.54) is 4.57 Å². The maximum absolute atomic E-state index is 12.6. The van der Waals surface area contributed by atoms with Crippen molar-refractivity contribution >= 4 is 22.6 Å². The molecule has 1 aromatic carbocycles. The summed E-state index contributed by atoms with van der Waals surface area (Å²) in [5, 5.41) is 10.8. The quantitative estimate of drug-likeness (QED) is 0.726. The number of rotatable bonds is 2. The second kappa shape index (κ2) is 5.63. The van der Waals surface area contributed by atoms with Crippen molar-refractivity contribution < 1.29 is 0 Å². The van der Waals surface area contributed by atoms with E-state index in [1.807, 2.05) is 25.1 Å². The number of halogens is 1. The molecule has 0 aliphatic heterocycles. The van der Waals surface area contributed by atoms with Crippen molar-refractivity contribution in [2.45, 2.75) is 13.5 Å². The molecule has 2 aromatic heterocycles. The summed E-state index contributed by atoms with van der Waals surface area (Å²) in [4.78, 5) is 16.9. The van der Waals surface area contributed by atoms with Crippen molar-refractivity contribution in [3.8, 4) is 17.2 Å². The monoisotopic (exact) mass is 309 g/mol. The third-order valence-corrected chi connectivity index (χ3v) is 3.80. The molecule has 3 aromatic rings. The lowest BCUT2D eigenvalue weighted by Crippen LogP contribution is -2.24. The van der Waals surface area contributed by atoms with Crippen LogP contribution in [-0.4, -0.2) is 9.55 Å². The molecule has 0 fully saturated rings. The van der Waals surface area contributed by atoms with Gasteiger partial charge in [0.05, 0.1) is 0 Å². The Labute approximate surface area is 132 Å². The van der Waals surface area contributed by atoms with Crippen LogP contribution in [0, 0.1) is 11.3 Å². The maximum Gasteiger partial charge on any atom is 0.270 e. The van der Waals surface area contributed by atoms with Gasteiger partial charge in [-0.05, 0) is 36.8 Å². The third-order valence-electron chi connectivity index (χ3n) is 3.56. The lowest BCUT2D eigenvalue weighted by molar-refractivity contribution is 0.748. The minimum atomic E-state index is -0.328. The van der Waals surface area contributed by atoms with Crippen LogP contribution < -0.4 is 5.56 Å². The summed E-state index contributed by atoms with van der Waals surface area (Å²) in [6.45, 7) is 2.31. The highest BCUT2D eigenvalue weighted by Crippen LogP contribution is 2.30. The van der Waals surface area contributed by atoms with Crippen LogP contribution in [0.3, 0.4) is 0 Å². The molecule has 0 aliphatic rings. The Bertz CT molecular complexity index is 970. The average Bonchev–Trinajstić information content (AvgIpc) is 2.53. The zero-order chi connectivity index (χ0) is 15.7. The number of aromatic nitrogens is 2. The molecule has 22 heavy (non-hydrogen) atoms. The molecule has 0 atom stereocenters. The summed E-state index contributed by atoms with van der Waals surface area (Å²) < 4.78 is 1.52. The van der Waals surface area contributed by atoms with Crippen molar-refractivity contribution in [2.24, 2.45) is 0 Å². The number of benzene rings is 1. The third kappa shape index (κ3) is 2.16. The number of nitrogens with zero attached hydrogens (tertiary/aromatic N) is 3. The molecule has 0 N–H and O–H groups in total. The molecule has 108 valence electrons. The van der Waals surface area contributed by atoms with Gasteiger partial charge in [-0.1, -0.05) is 23.7 Å². The highest BCUT2D eigenvalue weighted by molar-refractivity contribution is 6.30. The van der Waals surface area contributed by atoms with Crippen molar-refractivity contribution in [1.82, 2.24) is 9.55 Å². The molecule has 0 spiro atoms. The highest BCUT2D eigenvalue weighted by atomic mass is 35.5. The molecule has 0 unspecified atom stereocenters. The van der Waals surface area contributed by atoms with Crippen LogP contribution in [0.25, 0.3) is 22.2 Å². The number of nitriles is 1. The van der Waals surface area contributed by atoms with E-state index in [1.54, 1.807) is 30.5 Å². The predicted octanol–water partition coefficient (Wildman–Crippen LogP) is 3.61. The fraction of sp³-hybridized carbons (Fsp3) is 0.118. The first kappa shape index (κ1) is 14.3. The summed E-state index contributed by atoms with van der Waals surface area (Å²) in [6, 6.07) is 12.8. The normalized spacial score (nSPS) is 10.6. The Hall–Kier alpha value is -2.64. The largest absolute Gasteiger partial charge is 0.292 e. The molecule has 5 heteroatoms. The van der Waals surface area contributed by atoms with Crippen LogP contribution >= 0.6 is 11.6 Å². The molecule has 0 aliphatic carbocycles. The lowest BCUT2D eigenvalue weighted by atomic mass is 9.98. The van der Waals surface area contributed by atoms with Gasteiger partial charge in [0, 0.05) is 28.7 Å². The van der Waals surface area contributed by atoms with E-state index in [9.17, 15) is 10.1 Å². The lowest BCUT2D eigenvalue weighted by Gasteiger charge is -2.13. The SMILES string of the molecule is CCn1c(=O)c(C#N)c(-c2cccc(Cl)c2)c2cccnc21. The first-order valence-corrected chi connectivity index (χ1v) is 7.22. The van der Waals surface area contributed by atoms with Gasteiger partial charge in [0.1, 0.15) is 17.3 Å². The van der Waals surface area contributed by atoms with Crippen molar-refractivity contribution in [3.05, 3.63) is 63.5 Å². The van der Waals surface area contributed by atoms with E-state index in [2.05, 4.69) is 4.98 Å². The van der Waals surface area contributed by atoms with Gasteiger partial charge in [-0.15, -0.1) is 0 Å². The van der Waals surface area contributed by atoms with Crippen molar-refractivity contribution in [1.29, 1.82) is 5.26 Å². The van der Waals surface area contributed by atoms with Crippen LogP contribution in [0.2, 0.25) is 5.02 Å². The fourth-order valence-corrected chi connectivity index (χ4v) is 2.81. The Kier molecular flexibility index (Phi) is 3.66. The molecule has 0 bridgehead atoms. The number of aryl methyl sites for hydroxylation is 1. The van der Waals surface area contributed by atoms with Crippen LogP contribution in [-0.2, 0) is 6.54 Å². The molecule has 0 saturated heterocycles. The van der Waals surface area contributed by atoms with Crippen molar-refractivity contribution in [2.75, 3.05) is 0 Å². The molecule has 0 radical (unpaired) electrons. The number of fused-ring (bicyclic) bond motifs is 1. The van der Waals surface area contributed by atoms with Crippen LogP contribution in [0.5, 0.6) is 0 Å². The van der Waals surface area contributed by atoms with E-state index in [-0.39, 0.29) is 11.1 Å². The summed E-state index contributed by atoms with van der Waals surface area (Å²) in [7, 11) is 0. The van der Waals surface area contributed by atoms with Gasteiger partial charge >= 0.3 is 0 Å². The van der Waals surface area contributed by atoms with Crippen LogP contribution in [0.1, 0.15) is 12.5 Å². The molecule has 3 rings (SSSR count). The van der Waals surface area contributed by atoms with E-state index in [4.69, 9.17) is 11.6 Å². The maximum atomic E-state index is 12.6. The summed E-state index contributed by atoms with van der Waals surface area (Å²) in [5.41, 5.74) is 1.69. The van der Waals surface area contributed by atoms with Gasteiger partial charge in [0.2, 0.25) is 0 Å². The topological polar surface area (TPSA) is 58.7 Å². The Morgan fingerprint density at radius 3 is 2.82 bits per heavy atom. The Morgan fingerprint density at radius 1 is 1.32 bits per heavy atom. The number of pyridine rings is 2. The van der Waals surface area contributed by atoms with Crippen molar-refractivity contribution in [3.63, 3.8) is 0 Å². The second-order valence-electron chi connectivity index (χ2n) is 4.80. The summed E-state index contributed by atoms with van der Waals surface area (Å²) in [5.74, 6) is 0. The minimum Gasteiger partial charge on any atom is -0.292 e. The first-order valence-electron chi connectivity index (χ1n) is 6.85. The molecular formula is C17H12ClN3O. The van der Waals surface area contributed by atoms with Gasteiger partial charge in [0.25, 0.3) is 5.56 Å².